The maximum Gasteiger partial charge on any atom is 0.305 e. The van der Waals surface area contributed by atoms with Crippen LogP contribution in [0.25, 0.3) is 11.0 Å². The van der Waals surface area contributed by atoms with Crippen LogP contribution >= 0.6 is 0 Å². The van der Waals surface area contributed by atoms with Gasteiger partial charge in [-0.25, -0.2) is 9.97 Å². The lowest BCUT2D eigenvalue weighted by Crippen LogP contribution is -2.09. The van der Waals surface area contributed by atoms with E-state index in [4.69, 9.17) is 5.11 Å². The maximum absolute atomic E-state index is 10.4. The molecule has 2 aromatic rings. The minimum atomic E-state index is -0.830. The molecule has 0 saturated heterocycles. The SMILES string of the molecule is Cc1nc(NCCC(=O)O)c2cc[nH]c2n1. The van der Waals surface area contributed by atoms with Gasteiger partial charge in [0, 0.05) is 12.7 Å². The molecule has 3 N–H and O–H groups in total. The van der Waals surface area contributed by atoms with Crippen molar-refractivity contribution in [3.8, 4) is 0 Å². The van der Waals surface area contributed by atoms with E-state index in [0.29, 0.717) is 18.2 Å². The van der Waals surface area contributed by atoms with Gasteiger partial charge in [0.05, 0.1) is 11.8 Å². The van der Waals surface area contributed by atoms with Crippen molar-refractivity contribution in [1.29, 1.82) is 0 Å². The highest BCUT2D eigenvalue weighted by Gasteiger charge is 2.06. The summed E-state index contributed by atoms with van der Waals surface area (Å²) in [5.41, 5.74) is 0.755. The Labute approximate surface area is 91.7 Å². The minimum absolute atomic E-state index is 0.0645. The molecule has 2 heterocycles. The second-order valence-corrected chi connectivity index (χ2v) is 3.43. The van der Waals surface area contributed by atoms with Crippen LogP contribution in [-0.2, 0) is 4.79 Å². The van der Waals surface area contributed by atoms with Crippen molar-refractivity contribution < 1.29 is 9.90 Å². The summed E-state index contributed by atoms with van der Waals surface area (Å²) in [7, 11) is 0. The lowest BCUT2D eigenvalue weighted by atomic mass is 10.3. The Morgan fingerprint density at radius 2 is 2.38 bits per heavy atom. The van der Waals surface area contributed by atoms with Crippen LogP contribution in [0.4, 0.5) is 5.82 Å². The van der Waals surface area contributed by atoms with Gasteiger partial charge in [0.25, 0.3) is 0 Å². The van der Waals surface area contributed by atoms with E-state index in [9.17, 15) is 4.79 Å². The molecule has 0 saturated carbocycles. The second-order valence-electron chi connectivity index (χ2n) is 3.43. The Morgan fingerprint density at radius 3 is 3.12 bits per heavy atom. The third-order valence-corrected chi connectivity index (χ3v) is 2.16. The standard InChI is InChI=1S/C10H12N4O2/c1-6-13-9-7(2-4-11-9)10(14-6)12-5-3-8(15)16/h2,4H,3,5H2,1H3,(H,15,16)(H2,11,12,13,14). The number of anilines is 1. The summed E-state index contributed by atoms with van der Waals surface area (Å²) in [5.74, 6) is 0.487. The predicted molar refractivity (Wildman–Crippen MR) is 59.4 cm³/mol. The molecule has 0 aliphatic heterocycles. The molecule has 0 aromatic carbocycles. The van der Waals surface area contributed by atoms with E-state index in [1.54, 1.807) is 13.1 Å². The summed E-state index contributed by atoms with van der Waals surface area (Å²) in [4.78, 5) is 21.8. The highest BCUT2D eigenvalue weighted by molar-refractivity contribution is 5.87. The van der Waals surface area contributed by atoms with Crippen LogP contribution in [0.1, 0.15) is 12.2 Å². The molecule has 0 atom stereocenters. The fraction of sp³-hybridized carbons (Fsp3) is 0.300. The number of hydrogen-bond donors (Lipinski definition) is 3. The molecule has 0 aliphatic rings. The number of aliphatic carboxylic acids is 1. The van der Waals surface area contributed by atoms with Crippen LogP contribution in [0.2, 0.25) is 0 Å². The van der Waals surface area contributed by atoms with E-state index in [1.165, 1.54) is 0 Å². The molecule has 0 spiro atoms. The van der Waals surface area contributed by atoms with Crippen molar-refractivity contribution in [3.05, 3.63) is 18.1 Å². The number of aromatic nitrogens is 3. The number of aryl methyl sites for hydroxylation is 1. The van der Waals surface area contributed by atoms with Crippen LogP contribution in [0.15, 0.2) is 12.3 Å². The van der Waals surface area contributed by atoms with Crippen LogP contribution in [0, 0.1) is 6.92 Å². The number of carboxylic acid groups (broad SMARTS) is 1. The average molecular weight is 220 g/mol. The van der Waals surface area contributed by atoms with Crippen LogP contribution in [-0.4, -0.2) is 32.6 Å². The Balaban J connectivity index is 2.22. The lowest BCUT2D eigenvalue weighted by Gasteiger charge is -2.05. The van der Waals surface area contributed by atoms with Crippen molar-refractivity contribution >= 4 is 22.8 Å². The van der Waals surface area contributed by atoms with E-state index >= 15 is 0 Å². The van der Waals surface area contributed by atoms with Gasteiger partial charge in [-0.15, -0.1) is 0 Å². The topological polar surface area (TPSA) is 90.9 Å². The van der Waals surface area contributed by atoms with Gasteiger partial charge in [0.15, 0.2) is 0 Å². The third-order valence-electron chi connectivity index (χ3n) is 2.16. The first-order valence-electron chi connectivity index (χ1n) is 4.94. The van der Waals surface area contributed by atoms with E-state index in [2.05, 4.69) is 20.3 Å². The van der Waals surface area contributed by atoms with Crippen molar-refractivity contribution in [2.45, 2.75) is 13.3 Å². The van der Waals surface area contributed by atoms with Gasteiger partial charge in [0.2, 0.25) is 0 Å². The van der Waals surface area contributed by atoms with Gasteiger partial charge in [-0.1, -0.05) is 0 Å². The monoisotopic (exact) mass is 220 g/mol. The van der Waals surface area contributed by atoms with E-state index in [1.807, 2.05) is 6.07 Å². The highest BCUT2D eigenvalue weighted by atomic mass is 16.4. The molecule has 84 valence electrons. The number of aromatic amines is 1. The maximum atomic E-state index is 10.4. The van der Waals surface area contributed by atoms with Crippen molar-refractivity contribution in [3.63, 3.8) is 0 Å². The fourth-order valence-corrected chi connectivity index (χ4v) is 1.48. The third kappa shape index (κ3) is 2.10. The summed E-state index contributed by atoms with van der Waals surface area (Å²) >= 11 is 0. The first-order valence-corrected chi connectivity index (χ1v) is 4.94. The zero-order chi connectivity index (χ0) is 11.5. The number of nitrogens with one attached hydrogen (secondary N) is 2. The molecule has 0 unspecified atom stereocenters. The number of carbonyl (C=O) groups is 1. The Morgan fingerprint density at radius 1 is 1.56 bits per heavy atom. The molecule has 0 bridgehead atoms. The van der Waals surface area contributed by atoms with E-state index < -0.39 is 5.97 Å². The first-order chi connectivity index (χ1) is 7.66. The Hall–Kier alpha value is -2.11. The van der Waals surface area contributed by atoms with Crippen LogP contribution in [0.5, 0.6) is 0 Å². The van der Waals surface area contributed by atoms with Crippen molar-refractivity contribution in [2.75, 3.05) is 11.9 Å². The van der Waals surface area contributed by atoms with Gasteiger partial charge >= 0.3 is 5.97 Å². The molecule has 0 aliphatic carbocycles. The molecule has 6 heteroatoms. The zero-order valence-corrected chi connectivity index (χ0v) is 8.82. The molecular weight excluding hydrogens is 208 g/mol. The molecule has 0 amide bonds. The van der Waals surface area contributed by atoms with Crippen molar-refractivity contribution in [2.24, 2.45) is 0 Å². The zero-order valence-electron chi connectivity index (χ0n) is 8.82. The summed E-state index contributed by atoms with van der Waals surface area (Å²) < 4.78 is 0. The lowest BCUT2D eigenvalue weighted by molar-refractivity contribution is -0.136. The van der Waals surface area contributed by atoms with Gasteiger partial charge in [0.1, 0.15) is 17.3 Å². The van der Waals surface area contributed by atoms with Gasteiger partial charge in [-0.2, -0.15) is 0 Å². The molecule has 2 rings (SSSR count). The second kappa shape index (κ2) is 4.18. The molecular formula is C10H12N4O2. The molecule has 6 nitrogen and oxygen atoms in total. The highest BCUT2D eigenvalue weighted by Crippen LogP contribution is 2.18. The number of fused-ring (bicyclic) bond motifs is 1. The molecule has 0 fully saturated rings. The molecule has 2 aromatic heterocycles. The predicted octanol–water partition coefficient (Wildman–Crippen LogP) is 1.15. The van der Waals surface area contributed by atoms with E-state index in [0.717, 1.165) is 11.0 Å². The van der Waals surface area contributed by atoms with Gasteiger partial charge in [-0.05, 0) is 13.0 Å². The average Bonchev–Trinajstić information content (AvgIpc) is 2.64. The number of carboxylic acids is 1. The summed E-state index contributed by atoms with van der Waals surface area (Å²) in [6, 6.07) is 1.86. The largest absolute Gasteiger partial charge is 0.481 e. The number of rotatable bonds is 4. The summed E-state index contributed by atoms with van der Waals surface area (Å²) in [6.45, 7) is 2.15. The normalized spacial score (nSPS) is 10.6. The summed E-state index contributed by atoms with van der Waals surface area (Å²) in [6.07, 6.45) is 1.84. The van der Waals surface area contributed by atoms with E-state index in [-0.39, 0.29) is 6.42 Å². The Bertz CT molecular complexity index is 521. The smallest absolute Gasteiger partial charge is 0.305 e. The van der Waals surface area contributed by atoms with Crippen molar-refractivity contribution in [1.82, 2.24) is 15.0 Å². The van der Waals surface area contributed by atoms with Gasteiger partial charge < -0.3 is 15.4 Å². The number of nitrogens with zero attached hydrogens (tertiary/aromatic N) is 2. The number of hydrogen-bond acceptors (Lipinski definition) is 4. The molecule has 0 radical (unpaired) electrons. The Kier molecular flexibility index (Phi) is 2.72. The fourth-order valence-electron chi connectivity index (χ4n) is 1.48. The van der Waals surface area contributed by atoms with Gasteiger partial charge in [-0.3, -0.25) is 4.79 Å². The first kappa shape index (κ1) is 10.4. The van der Waals surface area contributed by atoms with Crippen LogP contribution < -0.4 is 5.32 Å². The minimum Gasteiger partial charge on any atom is -0.481 e. The quantitative estimate of drug-likeness (QED) is 0.719. The van der Waals surface area contributed by atoms with Crippen LogP contribution in [0.3, 0.4) is 0 Å². The number of H-pyrrole nitrogens is 1. The summed E-state index contributed by atoms with van der Waals surface area (Å²) in [5, 5.41) is 12.4. The molecule has 16 heavy (non-hydrogen) atoms.